The van der Waals surface area contributed by atoms with Gasteiger partial charge in [-0.1, -0.05) is 11.6 Å². The smallest absolute Gasteiger partial charge is 0.359 e. The number of nitrogens with zero attached hydrogens (tertiary/aromatic N) is 2. The monoisotopic (exact) mass is 262 g/mol. The van der Waals surface area contributed by atoms with Gasteiger partial charge in [0.15, 0.2) is 11.5 Å². The Morgan fingerprint density at radius 2 is 2.17 bits per heavy atom. The molecule has 1 aromatic rings. The highest BCUT2D eigenvalue weighted by atomic mass is 19.4. The van der Waals surface area contributed by atoms with Gasteiger partial charge in [-0.25, -0.2) is 0 Å². The molecule has 0 spiro atoms. The Labute approximate surface area is 102 Å². The average molecular weight is 262 g/mol. The van der Waals surface area contributed by atoms with Crippen LogP contribution in [0, 0.1) is 0 Å². The maximum Gasteiger partial charge on any atom is 0.436 e. The summed E-state index contributed by atoms with van der Waals surface area (Å²) in [6, 6.07) is 0.420. The number of hydrogen-bond donors (Lipinski definition) is 0. The first-order valence-corrected chi connectivity index (χ1v) is 5.69. The molecular formula is C11H13F3N2O2. The average Bonchev–Trinajstić information content (AvgIpc) is 2.71. The van der Waals surface area contributed by atoms with Crippen LogP contribution in [0.15, 0.2) is 10.6 Å². The van der Waals surface area contributed by atoms with Crippen LogP contribution in [0.1, 0.15) is 43.2 Å². The third-order valence-electron chi connectivity index (χ3n) is 3.13. The van der Waals surface area contributed by atoms with Crippen molar-refractivity contribution in [2.45, 2.75) is 37.9 Å². The van der Waals surface area contributed by atoms with Crippen LogP contribution >= 0.6 is 0 Å². The molecule has 1 atom stereocenters. The van der Waals surface area contributed by atoms with Crippen molar-refractivity contribution in [3.8, 4) is 0 Å². The summed E-state index contributed by atoms with van der Waals surface area (Å²) < 4.78 is 42.0. The fourth-order valence-corrected chi connectivity index (χ4v) is 2.07. The number of carbonyl (C=O) groups is 1. The number of amides is 1. The van der Waals surface area contributed by atoms with E-state index in [2.05, 4.69) is 5.16 Å². The van der Waals surface area contributed by atoms with Gasteiger partial charge in [-0.2, -0.15) is 13.2 Å². The number of halogens is 3. The third-order valence-corrected chi connectivity index (χ3v) is 3.13. The zero-order chi connectivity index (χ0) is 13.3. The lowest BCUT2D eigenvalue weighted by molar-refractivity contribution is -0.142. The zero-order valence-corrected chi connectivity index (χ0v) is 9.83. The van der Waals surface area contributed by atoms with Gasteiger partial charge in [0.05, 0.1) is 6.04 Å². The number of hydrogen-bond acceptors (Lipinski definition) is 3. The highest BCUT2D eigenvalue weighted by molar-refractivity contribution is 5.76. The Kier molecular flexibility index (Phi) is 3.32. The minimum Gasteiger partial charge on any atom is -0.359 e. The van der Waals surface area contributed by atoms with E-state index in [1.165, 1.54) is 4.90 Å². The second kappa shape index (κ2) is 4.62. The van der Waals surface area contributed by atoms with E-state index in [4.69, 9.17) is 4.52 Å². The van der Waals surface area contributed by atoms with Gasteiger partial charge in [-0.05, 0) is 12.8 Å². The molecular weight excluding hydrogens is 249 g/mol. The standard InChI is InChI=1S/C11H13F3N2O2/c1-16-7(4-2-3-5-10(16)17)8-6-9(15-18-8)11(12,13)14/h6-7H,2-5H2,1H3. The number of alkyl halides is 3. The van der Waals surface area contributed by atoms with Gasteiger partial charge in [-0.3, -0.25) is 4.79 Å². The largest absolute Gasteiger partial charge is 0.436 e. The summed E-state index contributed by atoms with van der Waals surface area (Å²) in [5.41, 5.74) is -1.05. The first-order valence-electron chi connectivity index (χ1n) is 5.69. The quantitative estimate of drug-likeness (QED) is 0.781. The Morgan fingerprint density at radius 1 is 1.44 bits per heavy atom. The van der Waals surface area contributed by atoms with Gasteiger partial charge in [0, 0.05) is 19.5 Å². The molecule has 1 saturated heterocycles. The van der Waals surface area contributed by atoms with Crippen molar-refractivity contribution in [3.05, 3.63) is 17.5 Å². The molecule has 4 nitrogen and oxygen atoms in total. The lowest BCUT2D eigenvalue weighted by atomic mass is 10.1. The molecule has 1 amide bonds. The fraction of sp³-hybridized carbons (Fsp3) is 0.636. The van der Waals surface area contributed by atoms with Crippen molar-refractivity contribution in [1.29, 1.82) is 0 Å². The number of likely N-dealkylation sites (tertiary alicyclic amines) is 1. The summed E-state index contributed by atoms with van der Waals surface area (Å²) in [5.74, 6) is 0.0162. The van der Waals surface area contributed by atoms with Crippen LogP contribution in [0.3, 0.4) is 0 Å². The van der Waals surface area contributed by atoms with E-state index in [9.17, 15) is 18.0 Å². The molecule has 0 N–H and O–H groups in total. The van der Waals surface area contributed by atoms with E-state index in [1.807, 2.05) is 0 Å². The minimum atomic E-state index is -4.52. The molecule has 0 saturated carbocycles. The predicted octanol–water partition coefficient (Wildman–Crippen LogP) is 2.77. The van der Waals surface area contributed by atoms with Crippen LogP contribution in [0.5, 0.6) is 0 Å². The molecule has 0 bridgehead atoms. The predicted molar refractivity (Wildman–Crippen MR) is 55.5 cm³/mol. The SMILES string of the molecule is CN1C(=O)CCCCC1c1cc(C(F)(F)F)no1. The molecule has 1 unspecified atom stereocenters. The van der Waals surface area contributed by atoms with Crippen molar-refractivity contribution in [3.63, 3.8) is 0 Å². The van der Waals surface area contributed by atoms with Gasteiger partial charge in [-0.15, -0.1) is 0 Å². The maximum atomic E-state index is 12.4. The van der Waals surface area contributed by atoms with Crippen LogP contribution < -0.4 is 0 Å². The third kappa shape index (κ3) is 2.49. The van der Waals surface area contributed by atoms with Gasteiger partial charge >= 0.3 is 6.18 Å². The normalized spacial score (nSPS) is 22.1. The molecule has 100 valence electrons. The molecule has 1 aromatic heterocycles. The summed E-state index contributed by atoms with van der Waals surface area (Å²) in [6.07, 6.45) is -1.97. The van der Waals surface area contributed by atoms with E-state index in [1.54, 1.807) is 7.05 Å². The summed E-state index contributed by atoms with van der Waals surface area (Å²) in [7, 11) is 1.58. The Balaban J connectivity index is 2.24. The lowest BCUT2D eigenvalue weighted by Crippen LogP contribution is -2.29. The Hall–Kier alpha value is -1.53. The van der Waals surface area contributed by atoms with Crippen LogP contribution in [-0.2, 0) is 11.0 Å². The number of carbonyl (C=O) groups excluding carboxylic acids is 1. The van der Waals surface area contributed by atoms with E-state index in [0.29, 0.717) is 12.8 Å². The Morgan fingerprint density at radius 3 is 2.78 bits per heavy atom. The second-order valence-electron chi connectivity index (χ2n) is 4.38. The molecule has 2 heterocycles. The summed E-state index contributed by atoms with van der Waals surface area (Å²) in [4.78, 5) is 13.1. The van der Waals surface area contributed by atoms with Crippen molar-refractivity contribution < 1.29 is 22.5 Å². The van der Waals surface area contributed by atoms with Crippen LogP contribution in [0.25, 0.3) is 0 Å². The molecule has 1 aliphatic heterocycles. The molecule has 0 aromatic carbocycles. The van der Waals surface area contributed by atoms with Gasteiger partial charge in [0.25, 0.3) is 0 Å². The van der Waals surface area contributed by atoms with Crippen LogP contribution in [-0.4, -0.2) is 23.0 Å². The molecule has 2 rings (SSSR count). The molecule has 0 aliphatic carbocycles. The van der Waals surface area contributed by atoms with Gasteiger partial charge in [0.2, 0.25) is 5.91 Å². The second-order valence-corrected chi connectivity index (χ2v) is 4.38. The molecule has 7 heteroatoms. The first-order chi connectivity index (χ1) is 8.39. The highest BCUT2D eigenvalue weighted by Gasteiger charge is 2.37. The number of aromatic nitrogens is 1. The van der Waals surface area contributed by atoms with Crippen molar-refractivity contribution in [2.24, 2.45) is 0 Å². The van der Waals surface area contributed by atoms with Crippen LogP contribution in [0.2, 0.25) is 0 Å². The van der Waals surface area contributed by atoms with Crippen LogP contribution in [0.4, 0.5) is 13.2 Å². The zero-order valence-electron chi connectivity index (χ0n) is 9.83. The van der Waals surface area contributed by atoms with Crippen molar-refractivity contribution in [1.82, 2.24) is 10.1 Å². The van der Waals surface area contributed by atoms with Crippen molar-refractivity contribution >= 4 is 5.91 Å². The fourth-order valence-electron chi connectivity index (χ4n) is 2.07. The summed E-state index contributed by atoms with van der Waals surface area (Å²) >= 11 is 0. The van der Waals surface area contributed by atoms with Gasteiger partial charge < -0.3 is 9.42 Å². The van der Waals surface area contributed by atoms with Crippen molar-refractivity contribution in [2.75, 3.05) is 7.05 Å². The highest BCUT2D eigenvalue weighted by Crippen LogP contribution is 2.34. The topological polar surface area (TPSA) is 46.3 Å². The van der Waals surface area contributed by atoms with E-state index in [0.717, 1.165) is 18.9 Å². The maximum absolute atomic E-state index is 12.4. The molecule has 0 radical (unpaired) electrons. The minimum absolute atomic E-state index is 0.0811. The summed E-state index contributed by atoms with van der Waals surface area (Å²) in [5, 5.41) is 3.01. The lowest BCUT2D eigenvalue weighted by Gasteiger charge is -2.23. The number of rotatable bonds is 1. The molecule has 18 heavy (non-hydrogen) atoms. The summed E-state index contributed by atoms with van der Waals surface area (Å²) in [6.45, 7) is 0. The molecule has 1 fully saturated rings. The van der Waals surface area contributed by atoms with E-state index < -0.39 is 17.9 Å². The van der Waals surface area contributed by atoms with E-state index >= 15 is 0 Å². The first kappa shape index (κ1) is 12.9. The Bertz CT molecular complexity index is 442. The molecule has 1 aliphatic rings. The van der Waals surface area contributed by atoms with E-state index in [-0.39, 0.29) is 11.7 Å². The van der Waals surface area contributed by atoms with Gasteiger partial charge in [0.1, 0.15) is 0 Å².